The fourth-order valence-electron chi connectivity index (χ4n) is 1.73. The molecule has 0 aromatic carbocycles. The zero-order chi connectivity index (χ0) is 12.5. The van der Waals surface area contributed by atoms with Crippen molar-refractivity contribution < 1.29 is 13.2 Å². The van der Waals surface area contributed by atoms with Crippen LogP contribution in [0.25, 0.3) is 0 Å². The molecule has 0 saturated heterocycles. The van der Waals surface area contributed by atoms with Crippen LogP contribution in [0.1, 0.15) is 44.0 Å². The number of hydrogen-bond acceptors (Lipinski definition) is 1. The molecule has 6 heteroatoms. The summed E-state index contributed by atoms with van der Waals surface area (Å²) in [5.74, 6) is 0. The lowest BCUT2D eigenvalue weighted by atomic mass is 10.2. The van der Waals surface area contributed by atoms with Gasteiger partial charge in [-0.25, -0.2) is 4.68 Å². The minimum Gasteiger partial charge on any atom is -0.291 e. The van der Waals surface area contributed by atoms with Crippen LogP contribution in [0.15, 0.2) is 4.79 Å². The second-order valence-electron chi connectivity index (χ2n) is 3.76. The van der Waals surface area contributed by atoms with Crippen molar-refractivity contribution in [2.45, 2.75) is 45.8 Å². The van der Waals surface area contributed by atoms with Crippen LogP contribution in [0.5, 0.6) is 0 Å². The third-order valence-electron chi connectivity index (χ3n) is 2.74. The summed E-state index contributed by atoms with van der Waals surface area (Å²) in [5.41, 5.74) is -1.79. The van der Waals surface area contributed by atoms with Gasteiger partial charge in [0.15, 0.2) is 0 Å². The quantitative estimate of drug-likeness (QED) is 0.860. The molecule has 1 aromatic heterocycles. The van der Waals surface area contributed by atoms with Gasteiger partial charge in [0.2, 0.25) is 0 Å². The van der Waals surface area contributed by atoms with E-state index in [4.69, 9.17) is 0 Å². The van der Waals surface area contributed by atoms with Crippen LogP contribution in [-0.4, -0.2) is 9.78 Å². The van der Waals surface area contributed by atoms with Crippen molar-refractivity contribution >= 4 is 0 Å². The SMILES string of the molecule is CCC(CC)n1[nH]c(C(F)(F)F)c(C)c1=O. The third kappa shape index (κ3) is 2.15. The predicted molar refractivity (Wildman–Crippen MR) is 54.4 cm³/mol. The van der Waals surface area contributed by atoms with Crippen LogP contribution >= 0.6 is 0 Å². The van der Waals surface area contributed by atoms with Gasteiger partial charge in [0.1, 0.15) is 5.69 Å². The molecule has 16 heavy (non-hydrogen) atoms. The van der Waals surface area contributed by atoms with E-state index in [2.05, 4.69) is 5.10 Å². The first-order chi connectivity index (χ1) is 7.32. The summed E-state index contributed by atoms with van der Waals surface area (Å²) in [6.07, 6.45) is -3.26. The summed E-state index contributed by atoms with van der Waals surface area (Å²) >= 11 is 0. The highest BCUT2D eigenvalue weighted by atomic mass is 19.4. The van der Waals surface area contributed by atoms with Crippen molar-refractivity contribution in [2.75, 3.05) is 0 Å². The average molecular weight is 236 g/mol. The van der Waals surface area contributed by atoms with Crippen molar-refractivity contribution in [3.8, 4) is 0 Å². The van der Waals surface area contributed by atoms with E-state index in [0.29, 0.717) is 12.8 Å². The smallest absolute Gasteiger partial charge is 0.291 e. The van der Waals surface area contributed by atoms with Crippen LogP contribution in [0, 0.1) is 6.92 Å². The standard InChI is InChI=1S/C10H15F3N2O/c1-4-7(5-2)15-9(16)6(3)8(14-15)10(11,12)13/h7,14H,4-5H2,1-3H3. The normalized spacial score (nSPS) is 12.4. The monoisotopic (exact) mass is 236 g/mol. The minimum atomic E-state index is -4.50. The van der Waals surface area contributed by atoms with Gasteiger partial charge in [-0.2, -0.15) is 13.2 Å². The zero-order valence-corrected chi connectivity index (χ0v) is 9.48. The van der Waals surface area contributed by atoms with Crippen molar-refractivity contribution in [3.05, 3.63) is 21.6 Å². The number of nitrogens with one attached hydrogen (secondary N) is 1. The predicted octanol–water partition coefficient (Wildman–Crippen LogP) is 2.86. The Hall–Kier alpha value is -1.20. The lowest BCUT2D eigenvalue weighted by Gasteiger charge is -2.13. The maximum absolute atomic E-state index is 12.5. The Morgan fingerprint density at radius 3 is 2.12 bits per heavy atom. The van der Waals surface area contributed by atoms with Crippen LogP contribution in [0.4, 0.5) is 13.2 Å². The molecule has 0 spiro atoms. The van der Waals surface area contributed by atoms with Crippen LogP contribution in [-0.2, 0) is 6.18 Å². The minimum absolute atomic E-state index is 0.206. The van der Waals surface area contributed by atoms with Gasteiger partial charge in [0.05, 0.1) is 6.04 Å². The van der Waals surface area contributed by atoms with E-state index in [0.717, 1.165) is 4.68 Å². The Labute approximate surface area is 91.3 Å². The van der Waals surface area contributed by atoms with Gasteiger partial charge >= 0.3 is 6.18 Å². The highest BCUT2D eigenvalue weighted by molar-refractivity contribution is 5.18. The Bertz CT molecular complexity index is 413. The number of halogens is 3. The average Bonchev–Trinajstić information content (AvgIpc) is 2.47. The highest BCUT2D eigenvalue weighted by Crippen LogP contribution is 2.29. The molecule has 0 aliphatic heterocycles. The van der Waals surface area contributed by atoms with Crippen LogP contribution < -0.4 is 5.56 Å². The first-order valence-electron chi connectivity index (χ1n) is 5.21. The Morgan fingerprint density at radius 1 is 1.31 bits per heavy atom. The van der Waals surface area contributed by atoms with E-state index in [9.17, 15) is 18.0 Å². The van der Waals surface area contributed by atoms with Crippen molar-refractivity contribution in [2.24, 2.45) is 0 Å². The van der Waals surface area contributed by atoms with E-state index in [1.807, 2.05) is 13.8 Å². The number of nitrogens with zero attached hydrogens (tertiary/aromatic N) is 1. The van der Waals surface area contributed by atoms with Gasteiger partial charge in [0.25, 0.3) is 5.56 Å². The zero-order valence-electron chi connectivity index (χ0n) is 9.48. The molecule has 0 saturated carbocycles. The van der Waals surface area contributed by atoms with E-state index in [1.165, 1.54) is 6.92 Å². The first kappa shape index (κ1) is 12.9. The molecule has 1 rings (SSSR count). The molecule has 1 N–H and O–H groups in total. The molecule has 1 heterocycles. The topological polar surface area (TPSA) is 37.8 Å². The van der Waals surface area contributed by atoms with E-state index >= 15 is 0 Å². The molecule has 0 amide bonds. The molecule has 0 fully saturated rings. The maximum Gasteiger partial charge on any atom is 0.433 e. The van der Waals surface area contributed by atoms with E-state index < -0.39 is 17.4 Å². The molecule has 0 aliphatic carbocycles. The molecule has 3 nitrogen and oxygen atoms in total. The fourth-order valence-corrected chi connectivity index (χ4v) is 1.73. The number of alkyl halides is 3. The summed E-state index contributed by atoms with van der Waals surface area (Å²) in [7, 11) is 0. The molecular formula is C10H15F3N2O. The Kier molecular flexibility index (Phi) is 3.50. The van der Waals surface area contributed by atoms with Crippen LogP contribution in [0.3, 0.4) is 0 Å². The number of H-pyrrole nitrogens is 1. The number of aromatic amines is 1. The molecule has 1 aromatic rings. The number of hydrogen-bond donors (Lipinski definition) is 1. The van der Waals surface area contributed by atoms with E-state index in [-0.39, 0.29) is 11.6 Å². The number of aromatic nitrogens is 2. The lowest BCUT2D eigenvalue weighted by Crippen LogP contribution is -2.22. The fraction of sp³-hybridized carbons (Fsp3) is 0.700. The third-order valence-corrected chi connectivity index (χ3v) is 2.74. The highest BCUT2D eigenvalue weighted by Gasteiger charge is 2.36. The Morgan fingerprint density at radius 2 is 1.81 bits per heavy atom. The second-order valence-corrected chi connectivity index (χ2v) is 3.76. The van der Waals surface area contributed by atoms with Gasteiger partial charge < -0.3 is 0 Å². The molecule has 92 valence electrons. The first-order valence-corrected chi connectivity index (χ1v) is 5.21. The molecule has 0 radical (unpaired) electrons. The summed E-state index contributed by atoms with van der Waals surface area (Å²) in [5, 5.41) is 2.17. The molecule has 0 aliphatic rings. The van der Waals surface area contributed by atoms with Crippen molar-refractivity contribution in [3.63, 3.8) is 0 Å². The summed E-state index contributed by atoms with van der Waals surface area (Å²) in [6.45, 7) is 4.87. The number of rotatable bonds is 3. The molecular weight excluding hydrogens is 221 g/mol. The lowest BCUT2D eigenvalue weighted by molar-refractivity contribution is -0.142. The summed E-state index contributed by atoms with van der Waals surface area (Å²) in [4.78, 5) is 11.6. The van der Waals surface area contributed by atoms with E-state index in [1.54, 1.807) is 0 Å². The van der Waals surface area contributed by atoms with Crippen LogP contribution in [0.2, 0.25) is 0 Å². The molecule has 0 atom stereocenters. The summed E-state index contributed by atoms with van der Waals surface area (Å²) < 4.78 is 38.7. The Balaban J connectivity index is 3.30. The molecule has 0 unspecified atom stereocenters. The largest absolute Gasteiger partial charge is 0.433 e. The van der Waals surface area contributed by atoms with Gasteiger partial charge in [-0.15, -0.1) is 0 Å². The maximum atomic E-state index is 12.5. The van der Waals surface area contributed by atoms with Gasteiger partial charge in [0, 0.05) is 5.56 Å². The summed E-state index contributed by atoms with van der Waals surface area (Å²) in [6, 6.07) is -0.206. The van der Waals surface area contributed by atoms with Crippen molar-refractivity contribution in [1.29, 1.82) is 0 Å². The van der Waals surface area contributed by atoms with Gasteiger partial charge in [-0.1, -0.05) is 13.8 Å². The van der Waals surface area contributed by atoms with Gasteiger partial charge in [-0.3, -0.25) is 9.89 Å². The van der Waals surface area contributed by atoms with Crippen molar-refractivity contribution in [1.82, 2.24) is 9.78 Å². The second kappa shape index (κ2) is 4.35. The molecule has 0 bridgehead atoms. The van der Waals surface area contributed by atoms with Gasteiger partial charge in [-0.05, 0) is 19.8 Å².